The number of alkyl halides is 1. The minimum absolute atomic E-state index is 0.194. The maximum Gasteiger partial charge on any atom is 0.335 e. The van der Waals surface area contributed by atoms with Gasteiger partial charge in [-0.05, 0) is 42.0 Å². The highest BCUT2D eigenvalue weighted by molar-refractivity contribution is 9.10. The molecule has 5 heteroatoms. The Bertz CT molecular complexity index is 688. The van der Waals surface area contributed by atoms with Crippen LogP contribution >= 0.6 is 15.9 Å². The van der Waals surface area contributed by atoms with Crippen LogP contribution in [-0.4, -0.2) is 26.5 Å². The van der Waals surface area contributed by atoms with Gasteiger partial charge in [-0.15, -0.1) is 0 Å². The Morgan fingerprint density at radius 2 is 1.95 bits per heavy atom. The van der Waals surface area contributed by atoms with E-state index in [0.717, 1.165) is 16.0 Å². The van der Waals surface area contributed by atoms with E-state index in [1.807, 2.05) is 0 Å². The molecule has 0 spiro atoms. The number of fused-ring (bicyclic) bond motifs is 1. The number of hydrogen-bond donors (Lipinski definition) is 2. The molecule has 2 unspecified atom stereocenters. The molecule has 1 aliphatic rings. The quantitative estimate of drug-likeness (QED) is 0.802. The zero-order valence-corrected chi connectivity index (χ0v) is 12.1. The van der Waals surface area contributed by atoms with Gasteiger partial charge in [0.15, 0.2) is 0 Å². The normalized spacial score (nSPS) is 25.4. The highest BCUT2D eigenvalue weighted by Crippen LogP contribution is 2.35. The monoisotopic (exact) mass is 324 g/mol. The molecule has 0 saturated carbocycles. The molecule has 0 radical (unpaired) electrons. The second-order valence-electron chi connectivity index (χ2n) is 4.86. The van der Waals surface area contributed by atoms with Crippen molar-refractivity contribution in [2.75, 3.05) is 0 Å². The Morgan fingerprint density at radius 3 is 2.47 bits per heavy atom. The van der Waals surface area contributed by atoms with Crippen LogP contribution in [0.15, 0.2) is 18.2 Å². The lowest BCUT2D eigenvalue weighted by molar-refractivity contribution is -0.140. The van der Waals surface area contributed by atoms with Gasteiger partial charge in [0.2, 0.25) is 0 Å². The van der Waals surface area contributed by atoms with Crippen LogP contribution in [0.25, 0.3) is 11.6 Å². The summed E-state index contributed by atoms with van der Waals surface area (Å²) in [5.74, 6) is -2.57. The largest absolute Gasteiger partial charge is 0.481 e. The molecular formula is C14H13BrO4. The molecule has 19 heavy (non-hydrogen) atoms. The van der Waals surface area contributed by atoms with Gasteiger partial charge in [0.25, 0.3) is 0 Å². The molecule has 0 bridgehead atoms. The lowest BCUT2D eigenvalue weighted by Crippen LogP contribution is -2.45. The third-order valence-corrected chi connectivity index (χ3v) is 4.09. The first kappa shape index (κ1) is 13.8. The van der Waals surface area contributed by atoms with Crippen molar-refractivity contribution in [2.45, 2.75) is 18.2 Å². The number of aliphatic carboxylic acids is 1. The summed E-state index contributed by atoms with van der Waals surface area (Å²) >= 11 is 3.43. The number of carboxylic acid groups (broad SMARTS) is 2. The van der Waals surface area contributed by atoms with Gasteiger partial charge in [-0.3, -0.25) is 4.79 Å². The highest BCUT2D eigenvalue weighted by Gasteiger charge is 2.38. The molecule has 1 aromatic carbocycles. The Hall–Kier alpha value is -1.62. The average molecular weight is 325 g/mol. The van der Waals surface area contributed by atoms with E-state index in [4.69, 9.17) is 5.11 Å². The van der Waals surface area contributed by atoms with Gasteiger partial charge in [0.1, 0.15) is 0 Å². The first-order valence-corrected chi connectivity index (χ1v) is 6.52. The standard InChI is InChI=1S/C14H13BrO4/c1-7-10-4-3-8(12(16)17)5-9(10)6-14(2,15)11(7)13(18)19/h3-6,11H,1-2H3,(H,16,17)(H,18,19). The number of hydrogen-bond acceptors (Lipinski definition) is 2. The van der Waals surface area contributed by atoms with Crippen molar-refractivity contribution in [3.05, 3.63) is 34.2 Å². The average Bonchev–Trinajstić information content (AvgIpc) is 2.25. The molecule has 0 amide bonds. The molecule has 2 atom stereocenters. The number of rotatable bonds is 2. The maximum absolute atomic E-state index is 11.4. The summed E-state index contributed by atoms with van der Waals surface area (Å²) in [7, 11) is 0. The van der Waals surface area contributed by atoms with Crippen LogP contribution in [0.4, 0.5) is 0 Å². The fourth-order valence-corrected chi connectivity index (χ4v) is 3.35. The minimum atomic E-state index is -0.995. The fraction of sp³-hybridized carbons (Fsp3) is 0.286. The van der Waals surface area contributed by atoms with E-state index in [0.29, 0.717) is 0 Å². The molecular weight excluding hydrogens is 312 g/mol. The Morgan fingerprint density at radius 1 is 1.32 bits per heavy atom. The highest BCUT2D eigenvalue weighted by atomic mass is 79.9. The number of benzene rings is 1. The van der Waals surface area contributed by atoms with Gasteiger partial charge in [0.05, 0.1) is 15.8 Å². The predicted molar refractivity (Wildman–Crippen MR) is 74.7 cm³/mol. The van der Waals surface area contributed by atoms with Crippen molar-refractivity contribution in [1.29, 1.82) is 0 Å². The first-order chi connectivity index (χ1) is 8.74. The third-order valence-electron chi connectivity index (χ3n) is 3.41. The second-order valence-corrected chi connectivity index (χ2v) is 6.57. The molecule has 1 aromatic rings. The van der Waals surface area contributed by atoms with Crippen LogP contribution in [0.3, 0.4) is 0 Å². The van der Waals surface area contributed by atoms with Gasteiger partial charge < -0.3 is 10.2 Å². The van der Waals surface area contributed by atoms with Gasteiger partial charge in [-0.25, -0.2) is 4.79 Å². The molecule has 2 rings (SSSR count). The van der Waals surface area contributed by atoms with Crippen LogP contribution < -0.4 is 10.4 Å². The fourth-order valence-electron chi connectivity index (χ4n) is 2.57. The third kappa shape index (κ3) is 2.30. The van der Waals surface area contributed by atoms with Crippen molar-refractivity contribution in [3.8, 4) is 0 Å². The van der Waals surface area contributed by atoms with Crippen molar-refractivity contribution < 1.29 is 19.8 Å². The number of halogens is 1. The van der Waals surface area contributed by atoms with E-state index in [1.54, 1.807) is 32.1 Å². The Labute approximate surface area is 118 Å². The van der Waals surface area contributed by atoms with Crippen molar-refractivity contribution >= 4 is 39.5 Å². The topological polar surface area (TPSA) is 74.6 Å². The van der Waals surface area contributed by atoms with Crippen molar-refractivity contribution in [3.63, 3.8) is 0 Å². The summed E-state index contributed by atoms with van der Waals surface area (Å²) in [6, 6.07) is 4.73. The summed E-state index contributed by atoms with van der Waals surface area (Å²) < 4.78 is -0.729. The number of aromatic carboxylic acids is 1. The van der Waals surface area contributed by atoms with E-state index in [-0.39, 0.29) is 5.56 Å². The molecule has 2 N–H and O–H groups in total. The second kappa shape index (κ2) is 4.49. The van der Waals surface area contributed by atoms with E-state index in [9.17, 15) is 14.7 Å². The van der Waals surface area contributed by atoms with Gasteiger partial charge >= 0.3 is 11.9 Å². The van der Waals surface area contributed by atoms with Crippen LogP contribution in [-0.2, 0) is 4.79 Å². The molecule has 4 nitrogen and oxygen atoms in total. The van der Waals surface area contributed by atoms with E-state index in [1.165, 1.54) is 6.07 Å². The Balaban J connectivity index is 2.80. The lowest BCUT2D eigenvalue weighted by Gasteiger charge is -2.30. The van der Waals surface area contributed by atoms with Crippen LogP contribution in [0.2, 0.25) is 0 Å². The molecule has 1 aliphatic carbocycles. The first-order valence-electron chi connectivity index (χ1n) is 5.73. The van der Waals surface area contributed by atoms with Crippen LogP contribution in [0.1, 0.15) is 24.2 Å². The van der Waals surface area contributed by atoms with Crippen LogP contribution in [0.5, 0.6) is 0 Å². The molecule has 0 fully saturated rings. The Kier molecular flexibility index (Phi) is 3.26. The molecule has 0 saturated heterocycles. The SMILES string of the molecule is CC1=c2ccc(C(=O)O)cc2=CC(C)(Br)C1C(=O)O. The predicted octanol–water partition coefficient (Wildman–Crippen LogP) is 1.20. The van der Waals surface area contributed by atoms with E-state index in [2.05, 4.69) is 15.9 Å². The molecule has 0 aromatic heterocycles. The molecule has 0 aliphatic heterocycles. The molecule has 100 valence electrons. The lowest BCUT2D eigenvalue weighted by atomic mass is 9.81. The number of carboxylic acids is 2. The summed E-state index contributed by atoms with van der Waals surface area (Å²) in [5, 5.41) is 19.9. The maximum atomic E-state index is 11.4. The van der Waals surface area contributed by atoms with E-state index < -0.39 is 22.2 Å². The van der Waals surface area contributed by atoms with E-state index >= 15 is 0 Å². The van der Waals surface area contributed by atoms with Crippen molar-refractivity contribution in [2.24, 2.45) is 5.92 Å². The summed E-state index contributed by atoms with van der Waals surface area (Å²) in [4.78, 5) is 22.4. The number of carbonyl (C=O) groups is 2. The zero-order chi connectivity index (χ0) is 14.4. The van der Waals surface area contributed by atoms with Gasteiger partial charge in [0, 0.05) is 0 Å². The van der Waals surface area contributed by atoms with Crippen LogP contribution in [0, 0.1) is 5.92 Å². The summed E-state index contributed by atoms with van der Waals surface area (Å²) in [5.41, 5.74) is 0.918. The van der Waals surface area contributed by atoms with Gasteiger partial charge in [-0.2, -0.15) is 0 Å². The summed E-state index contributed by atoms with van der Waals surface area (Å²) in [6.45, 7) is 3.54. The molecule has 0 heterocycles. The summed E-state index contributed by atoms with van der Waals surface area (Å²) in [6.07, 6.45) is 1.76. The minimum Gasteiger partial charge on any atom is -0.481 e. The zero-order valence-electron chi connectivity index (χ0n) is 10.5. The van der Waals surface area contributed by atoms with Gasteiger partial charge in [-0.1, -0.05) is 28.1 Å². The smallest absolute Gasteiger partial charge is 0.335 e. The van der Waals surface area contributed by atoms with Crippen molar-refractivity contribution in [1.82, 2.24) is 0 Å².